The summed E-state index contributed by atoms with van der Waals surface area (Å²) in [6.07, 6.45) is 0. The minimum atomic E-state index is 0.0527. The Bertz CT molecular complexity index is 1220. The molecule has 0 saturated carbocycles. The van der Waals surface area contributed by atoms with Crippen molar-refractivity contribution in [1.82, 2.24) is 4.09 Å². The van der Waals surface area contributed by atoms with Gasteiger partial charge in [0.15, 0.2) is 0 Å². The van der Waals surface area contributed by atoms with Crippen molar-refractivity contribution < 1.29 is 9.47 Å². The molecule has 1 heterocycles. The van der Waals surface area contributed by atoms with Crippen LogP contribution in [-0.2, 0) is 0 Å². The third-order valence-electron chi connectivity index (χ3n) is 5.80. The number of hydrogen-bond donors (Lipinski definition) is 0. The molecule has 1 aliphatic carbocycles. The van der Waals surface area contributed by atoms with Crippen LogP contribution in [0.15, 0.2) is 60.7 Å². The quantitative estimate of drug-likeness (QED) is 0.370. The molecule has 0 spiro atoms. The molecule has 140 valence electrons. The number of nitrogens with zero attached hydrogens (tertiary/aromatic N) is 1. The molecule has 0 radical (unpaired) electrons. The summed E-state index contributed by atoms with van der Waals surface area (Å²) in [7, 11) is 3.40. The van der Waals surface area contributed by atoms with Crippen LogP contribution in [0.25, 0.3) is 22.0 Å². The van der Waals surface area contributed by atoms with Gasteiger partial charge >= 0.3 is 0 Å². The summed E-state index contributed by atoms with van der Waals surface area (Å²) in [6, 6.07) is 20.9. The maximum absolute atomic E-state index is 6.67. The fourth-order valence-corrected chi connectivity index (χ4v) is 4.81. The summed E-state index contributed by atoms with van der Waals surface area (Å²) in [6.45, 7) is 2.08. The zero-order valence-electron chi connectivity index (χ0n) is 16.0. The molecule has 28 heavy (non-hydrogen) atoms. The number of para-hydroxylation sites is 1. The second-order valence-corrected chi connectivity index (χ2v) is 7.45. The van der Waals surface area contributed by atoms with Crippen molar-refractivity contribution in [1.29, 1.82) is 0 Å². The van der Waals surface area contributed by atoms with Crippen LogP contribution in [0.5, 0.6) is 11.5 Å². The number of aromatic nitrogens is 1. The lowest BCUT2D eigenvalue weighted by Crippen LogP contribution is -2.03. The van der Waals surface area contributed by atoms with E-state index in [0.29, 0.717) is 0 Å². The molecule has 1 aliphatic rings. The summed E-state index contributed by atoms with van der Waals surface area (Å²) >= 11 is 6.67. The third-order valence-corrected chi connectivity index (χ3v) is 6.24. The van der Waals surface area contributed by atoms with E-state index in [2.05, 4.69) is 55.5 Å². The molecule has 3 nitrogen and oxygen atoms in total. The highest BCUT2D eigenvalue weighted by molar-refractivity contribution is 6.20. The Balaban J connectivity index is 1.90. The Morgan fingerprint density at radius 1 is 0.857 bits per heavy atom. The van der Waals surface area contributed by atoms with Gasteiger partial charge in [0.1, 0.15) is 11.5 Å². The number of ether oxygens (including phenoxy) is 2. The maximum atomic E-state index is 6.67. The van der Waals surface area contributed by atoms with E-state index in [9.17, 15) is 0 Å². The summed E-state index contributed by atoms with van der Waals surface area (Å²) in [4.78, 5) is 0. The summed E-state index contributed by atoms with van der Waals surface area (Å²) in [5.74, 6) is 1.68. The summed E-state index contributed by atoms with van der Waals surface area (Å²) in [5.41, 5.74) is 8.10. The number of benzene rings is 3. The minimum Gasteiger partial charge on any atom is -0.497 e. The lowest BCUT2D eigenvalue weighted by atomic mass is 9.87. The predicted octanol–water partition coefficient (Wildman–Crippen LogP) is 6.13. The zero-order chi connectivity index (χ0) is 19.4. The molecule has 4 aromatic rings. The highest BCUT2D eigenvalue weighted by atomic mass is 35.5. The van der Waals surface area contributed by atoms with E-state index in [1.165, 1.54) is 27.6 Å². The fourth-order valence-electron chi connectivity index (χ4n) is 4.58. The first-order chi connectivity index (χ1) is 13.7. The first-order valence-corrected chi connectivity index (χ1v) is 9.60. The van der Waals surface area contributed by atoms with Crippen molar-refractivity contribution in [3.63, 3.8) is 0 Å². The lowest BCUT2D eigenvalue weighted by Gasteiger charge is -2.18. The molecule has 1 aromatic heterocycles. The lowest BCUT2D eigenvalue weighted by molar-refractivity contribution is 0.391. The molecule has 0 fully saturated rings. The summed E-state index contributed by atoms with van der Waals surface area (Å²) in [5, 5.41) is 1.17. The van der Waals surface area contributed by atoms with Gasteiger partial charge in [-0.15, -0.1) is 0 Å². The molecule has 0 saturated heterocycles. The second kappa shape index (κ2) is 6.32. The molecule has 0 aliphatic heterocycles. The van der Waals surface area contributed by atoms with Gasteiger partial charge in [0.25, 0.3) is 0 Å². The van der Waals surface area contributed by atoms with Gasteiger partial charge in [-0.1, -0.05) is 42.5 Å². The summed E-state index contributed by atoms with van der Waals surface area (Å²) < 4.78 is 13.1. The number of rotatable bonds is 3. The molecule has 0 amide bonds. The van der Waals surface area contributed by atoms with Gasteiger partial charge in [-0.3, -0.25) is 4.09 Å². The number of hydrogen-bond acceptors (Lipinski definition) is 2. The number of halogens is 1. The molecule has 0 N–H and O–H groups in total. The van der Waals surface area contributed by atoms with Gasteiger partial charge in [-0.25, -0.2) is 0 Å². The van der Waals surface area contributed by atoms with E-state index in [1.807, 2.05) is 12.1 Å². The van der Waals surface area contributed by atoms with Crippen molar-refractivity contribution in [3.8, 4) is 22.6 Å². The van der Waals surface area contributed by atoms with Crippen LogP contribution < -0.4 is 9.47 Å². The minimum absolute atomic E-state index is 0.0527. The van der Waals surface area contributed by atoms with Gasteiger partial charge < -0.3 is 9.47 Å². The smallest absolute Gasteiger partial charge is 0.127 e. The number of fused-ring (bicyclic) bond motifs is 4. The molecular weight excluding hydrogens is 370 g/mol. The topological polar surface area (TPSA) is 23.4 Å². The van der Waals surface area contributed by atoms with E-state index in [4.69, 9.17) is 21.3 Å². The van der Waals surface area contributed by atoms with Crippen molar-refractivity contribution in [2.45, 2.75) is 12.8 Å². The van der Waals surface area contributed by atoms with E-state index >= 15 is 0 Å². The van der Waals surface area contributed by atoms with Crippen LogP contribution in [-0.4, -0.2) is 18.3 Å². The highest BCUT2D eigenvalue weighted by Gasteiger charge is 2.36. The van der Waals surface area contributed by atoms with Gasteiger partial charge in [0.05, 0.1) is 19.7 Å². The van der Waals surface area contributed by atoms with Gasteiger partial charge in [-0.2, -0.15) is 0 Å². The molecule has 0 bridgehead atoms. The van der Waals surface area contributed by atoms with Crippen LogP contribution in [0, 0.1) is 6.92 Å². The van der Waals surface area contributed by atoms with Gasteiger partial charge in [0.2, 0.25) is 0 Å². The number of methoxy groups -OCH3 is 2. The Hall–Kier alpha value is -2.91. The maximum Gasteiger partial charge on any atom is 0.127 e. The Morgan fingerprint density at radius 2 is 1.61 bits per heavy atom. The van der Waals surface area contributed by atoms with E-state index in [1.54, 1.807) is 18.3 Å². The zero-order valence-corrected chi connectivity index (χ0v) is 16.7. The van der Waals surface area contributed by atoms with Crippen molar-refractivity contribution >= 4 is 22.7 Å². The molecule has 4 heteroatoms. The van der Waals surface area contributed by atoms with Crippen LogP contribution in [0.2, 0.25) is 0 Å². The fraction of sp³-hybridized carbons (Fsp3) is 0.167. The van der Waals surface area contributed by atoms with Crippen molar-refractivity contribution in [2.24, 2.45) is 0 Å². The molecule has 1 unspecified atom stereocenters. The van der Waals surface area contributed by atoms with Crippen LogP contribution in [0.3, 0.4) is 0 Å². The normalized spacial score (nSPS) is 14.8. The first-order valence-electron chi connectivity index (χ1n) is 9.27. The Kier molecular flexibility index (Phi) is 3.88. The molecule has 3 aromatic carbocycles. The third kappa shape index (κ3) is 2.23. The van der Waals surface area contributed by atoms with E-state index < -0.39 is 0 Å². The molecular formula is C24H20ClNO2. The molecule has 5 rings (SSSR count). The van der Waals surface area contributed by atoms with Gasteiger partial charge in [-0.05, 0) is 41.3 Å². The first kappa shape index (κ1) is 17.2. The van der Waals surface area contributed by atoms with Crippen molar-refractivity contribution in [2.75, 3.05) is 14.2 Å². The largest absolute Gasteiger partial charge is 0.497 e. The van der Waals surface area contributed by atoms with Crippen LogP contribution >= 0.6 is 11.8 Å². The molecule has 1 atom stereocenters. The predicted molar refractivity (Wildman–Crippen MR) is 114 cm³/mol. The van der Waals surface area contributed by atoms with E-state index in [0.717, 1.165) is 28.3 Å². The average Bonchev–Trinajstić information content (AvgIpc) is 3.19. The standard InChI is InChI=1S/C24H20ClNO2/c1-14-22(18-10-6-7-11-20(18)26(14)25)24-17-9-5-4-8-16(17)19-12-15(27-2)13-21(28-3)23(19)24/h4-13,24H,1-3H3. The van der Waals surface area contributed by atoms with Crippen molar-refractivity contribution in [3.05, 3.63) is 83.0 Å². The van der Waals surface area contributed by atoms with Crippen LogP contribution in [0.1, 0.15) is 28.3 Å². The Morgan fingerprint density at radius 3 is 2.39 bits per heavy atom. The monoisotopic (exact) mass is 389 g/mol. The highest BCUT2D eigenvalue weighted by Crippen LogP contribution is 2.54. The van der Waals surface area contributed by atoms with E-state index in [-0.39, 0.29) is 5.92 Å². The second-order valence-electron chi connectivity index (χ2n) is 7.11. The average molecular weight is 390 g/mol. The van der Waals surface area contributed by atoms with Gasteiger partial charge in [0, 0.05) is 40.4 Å². The Labute approximate surface area is 169 Å². The van der Waals surface area contributed by atoms with Crippen LogP contribution in [0.4, 0.5) is 0 Å². The SMILES string of the molecule is COc1cc(OC)c2c(c1)-c1ccccc1C2c1c(C)n(Cl)c2ccccc12.